The van der Waals surface area contributed by atoms with E-state index in [0.29, 0.717) is 0 Å². The van der Waals surface area contributed by atoms with E-state index in [4.69, 9.17) is 11.2 Å². The van der Waals surface area contributed by atoms with Gasteiger partial charge in [-0.15, -0.1) is 0 Å². The van der Waals surface area contributed by atoms with Crippen molar-refractivity contribution in [2.75, 3.05) is 25.2 Å². The van der Waals surface area contributed by atoms with Crippen LogP contribution in [0, 0.1) is 0 Å². The molecular formula is C12H26ClP. The summed E-state index contributed by atoms with van der Waals surface area (Å²) in [6.45, 7) is 4.70. The van der Waals surface area contributed by atoms with E-state index in [-0.39, 0.29) is 0 Å². The molecule has 0 unspecified atom stereocenters. The van der Waals surface area contributed by atoms with Gasteiger partial charge < -0.3 is 0 Å². The van der Waals surface area contributed by atoms with Crippen molar-refractivity contribution in [3.63, 3.8) is 0 Å². The number of hydrogen-bond acceptors (Lipinski definition) is 0. The van der Waals surface area contributed by atoms with E-state index < -0.39 is 5.96 Å². The van der Waals surface area contributed by atoms with Crippen LogP contribution in [0.4, 0.5) is 0 Å². The van der Waals surface area contributed by atoms with Crippen LogP contribution >= 0.6 is 17.2 Å². The van der Waals surface area contributed by atoms with Gasteiger partial charge in [-0.05, 0) is 0 Å². The molecule has 0 bridgehead atoms. The van der Waals surface area contributed by atoms with Gasteiger partial charge in [0.15, 0.2) is 0 Å². The van der Waals surface area contributed by atoms with Gasteiger partial charge in [-0.1, -0.05) is 0 Å². The summed E-state index contributed by atoms with van der Waals surface area (Å²) in [5, 5.41) is 0. The van der Waals surface area contributed by atoms with Gasteiger partial charge in [-0.3, -0.25) is 0 Å². The van der Waals surface area contributed by atoms with Crippen molar-refractivity contribution in [1.29, 1.82) is 0 Å². The number of unbranched alkanes of at least 4 members (excludes halogenated alkanes) is 3. The van der Waals surface area contributed by atoms with Gasteiger partial charge in [0.1, 0.15) is 0 Å². The Labute approximate surface area is 94.5 Å². The van der Waals surface area contributed by atoms with Crippen LogP contribution in [0.3, 0.4) is 0 Å². The van der Waals surface area contributed by atoms with E-state index in [1.807, 2.05) is 0 Å². The fourth-order valence-corrected chi connectivity index (χ4v) is 7.67. The molecule has 0 aromatic rings. The van der Waals surface area contributed by atoms with Crippen molar-refractivity contribution in [2.24, 2.45) is 0 Å². The summed E-state index contributed by atoms with van der Waals surface area (Å²) < 4.78 is 0. The van der Waals surface area contributed by atoms with E-state index in [1.165, 1.54) is 63.4 Å². The molecule has 1 saturated heterocycles. The Balaban J connectivity index is 2.31. The molecule has 0 nitrogen and oxygen atoms in total. The molecule has 1 fully saturated rings. The first-order valence-electron chi connectivity index (χ1n) is 6.27. The van der Waals surface area contributed by atoms with Crippen molar-refractivity contribution >= 4 is 17.2 Å². The number of hydrogen-bond donors (Lipinski definition) is 0. The van der Waals surface area contributed by atoms with Crippen molar-refractivity contribution in [2.45, 2.75) is 51.9 Å². The van der Waals surface area contributed by atoms with Gasteiger partial charge >= 0.3 is 94.2 Å². The Hall–Kier alpha value is 0.720. The fourth-order valence-electron chi connectivity index (χ4n) is 2.60. The SMILES string of the molecule is CCCCCCP1(C)(Cl)CCCCC1. The van der Waals surface area contributed by atoms with Crippen molar-refractivity contribution < 1.29 is 0 Å². The van der Waals surface area contributed by atoms with Crippen molar-refractivity contribution in [3.8, 4) is 0 Å². The summed E-state index contributed by atoms with van der Waals surface area (Å²) in [6.07, 6.45) is 13.8. The fraction of sp³-hybridized carbons (Fsp3) is 1.00. The zero-order valence-electron chi connectivity index (χ0n) is 9.90. The molecule has 1 heterocycles. The molecule has 0 aliphatic carbocycles. The van der Waals surface area contributed by atoms with Gasteiger partial charge in [0, 0.05) is 0 Å². The summed E-state index contributed by atoms with van der Waals surface area (Å²) in [7, 11) is 0. The molecule has 0 spiro atoms. The summed E-state index contributed by atoms with van der Waals surface area (Å²) in [5.74, 6) is -1.68. The summed E-state index contributed by atoms with van der Waals surface area (Å²) in [5.41, 5.74) is 0. The van der Waals surface area contributed by atoms with Crippen molar-refractivity contribution in [3.05, 3.63) is 0 Å². The van der Waals surface area contributed by atoms with Crippen LogP contribution in [-0.2, 0) is 0 Å². The number of halogens is 1. The van der Waals surface area contributed by atoms with Crippen LogP contribution in [-0.4, -0.2) is 25.2 Å². The Morgan fingerprint density at radius 3 is 2.21 bits per heavy atom. The second kappa shape index (κ2) is 5.17. The van der Waals surface area contributed by atoms with Gasteiger partial charge in [-0.25, -0.2) is 0 Å². The molecule has 2 heteroatoms. The normalized spacial score (nSPS) is 27.8. The van der Waals surface area contributed by atoms with Crippen LogP contribution in [0.5, 0.6) is 0 Å². The maximum atomic E-state index is 6.94. The topological polar surface area (TPSA) is 0 Å². The quantitative estimate of drug-likeness (QED) is 0.461. The molecule has 1 aliphatic rings. The first-order valence-corrected chi connectivity index (χ1v) is 10.4. The Kier molecular flexibility index (Phi) is 4.72. The average molecular weight is 237 g/mol. The zero-order chi connectivity index (χ0) is 10.5. The van der Waals surface area contributed by atoms with E-state index >= 15 is 0 Å². The maximum absolute atomic E-state index is 6.94. The Morgan fingerprint density at radius 1 is 1.00 bits per heavy atom. The third-order valence-electron chi connectivity index (χ3n) is 3.70. The third-order valence-corrected chi connectivity index (χ3v) is 9.92. The molecule has 0 saturated carbocycles. The van der Waals surface area contributed by atoms with E-state index in [2.05, 4.69) is 13.6 Å². The van der Waals surface area contributed by atoms with Crippen LogP contribution in [0.15, 0.2) is 0 Å². The molecular weight excluding hydrogens is 211 g/mol. The van der Waals surface area contributed by atoms with E-state index in [0.717, 1.165) is 0 Å². The molecule has 0 aromatic heterocycles. The zero-order valence-corrected chi connectivity index (χ0v) is 11.5. The second-order valence-corrected chi connectivity index (χ2v) is 14.2. The van der Waals surface area contributed by atoms with Crippen molar-refractivity contribution in [1.82, 2.24) is 0 Å². The Bertz CT molecular complexity index is 167. The monoisotopic (exact) mass is 236 g/mol. The molecule has 0 amide bonds. The molecule has 0 radical (unpaired) electrons. The minimum absolute atomic E-state index is 1.34. The van der Waals surface area contributed by atoms with E-state index in [9.17, 15) is 0 Å². The summed E-state index contributed by atoms with van der Waals surface area (Å²) in [4.78, 5) is 0. The van der Waals surface area contributed by atoms with Crippen LogP contribution in [0.25, 0.3) is 0 Å². The Morgan fingerprint density at radius 2 is 1.64 bits per heavy atom. The predicted octanol–water partition coefficient (Wildman–Crippen LogP) is 5.09. The van der Waals surface area contributed by atoms with Crippen LogP contribution in [0.1, 0.15) is 51.9 Å². The first kappa shape index (κ1) is 12.8. The van der Waals surface area contributed by atoms with Gasteiger partial charge in [0.25, 0.3) is 0 Å². The van der Waals surface area contributed by atoms with Crippen LogP contribution < -0.4 is 0 Å². The van der Waals surface area contributed by atoms with E-state index in [1.54, 1.807) is 0 Å². The van der Waals surface area contributed by atoms with Gasteiger partial charge in [-0.2, -0.15) is 0 Å². The third kappa shape index (κ3) is 4.07. The predicted molar refractivity (Wildman–Crippen MR) is 71.3 cm³/mol. The standard InChI is InChI=1S/C12H26ClP/c1-3-4-5-7-10-14(2,13)11-8-6-9-12-14/h3-12H2,1-2H3. The molecule has 0 atom stereocenters. The minimum atomic E-state index is -1.68. The average Bonchev–Trinajstić information content (AvgIpc) is 2.13. The molecule has 14 heavy (non-hydrogen) atoms. The van der Waals surface area contributed by atoms with Gasteiger partial charge in [0.05, 0.1) is 0 Å². The first-order chi connectivity index (χ1) is 6.55. The van der Waals surface area contributed by atoms with Gasteiger partial charge in [0.2, 0.25) is 0 Å². The molecule has 0 N–H and O–H groups in total. The molecule has 0 aromatic carbocycles. The molecule has 1 rings (SSSR count). The summed E-state index contributed by atoms with van der Waals surface area (Å²) in [6, 6.07) is 0. The second-order valence-electron chi connectivity index (χ2n) is 5.44. The molecule has 1 aliphatic heterocycles. The number of rotatable bonds is 5. The van der Waals surface area contributed by atoms with Crippen LogP contribution in [0.2, 0.25) is 0 Å². The summed E-state index contributed by atoms with van der Waals surface area (Å²) >= 11 is 6.94. The molecule has 86 valence electrons.